The van der Waals surface area contributed by atoms with Crippen LogP contribution in [0.5, 0.6) is 0 Å². The Labute approximate surface area is 165 Å². The van der Waals surface area contributed by atoms with E-state index in [1.807, 2.05) is 31.2 Å². The van der Waals surface area contributed by atoms with Crippen LogP contribution in [0.3, 0.4) is 0 Å². The Balaban J connectivity index is 1.67. The number of nitrogens with zero attached hydrogens (tertiary/aromatic N) is 2. The Morgan fingerprint density at radius 3 is 2.25 bits per heavy atom. The number of anilines is 2. The van der Waals surface area contributed by atoms with Gasteiger partial charge < -0.3 is 10.2 Å². The monoisotopic (exact) mass is 401 g/mol. The van der Waals surface area contributed by atoms with Crippen molar-refractivity contribution in [1.82, 2.24) is 4.31 Å². The fraction of sp³-hybridized carbons (Fsp3) is 0.300. The lowest BCUT2D eigenvalue weighted by Crippen LogP contribution is -2.28. The standard InChI is InChI=1S/C20H23N3O4S/c1-14-4-8-17(9-5-14)23-13-15(12-19(23)24)20(25)21-16-6-10-18(11-7-16)28(26,27)22(2)3/h4-11,15H,12-13H2,1-3H3,(H,21,25)/t15-/m0/s1. The second-order valence-corrected chi connectivity index (χ2v) is 9.19. The van der Waals surface area contributed by atoms with E-state index in [0.29, 0.717) is 12.2 Å². The molecule has 1 saturated heterocycles. The second-order valence-electron chi connectivity index (χ2n) is 7.04. The molecule has 0 spiro atoms. The summed E-state index contributed by atoms with van der Waals surface area (Å²) in [5, 5.41) is 2.77. The van der Waals surface area contributed by atoms with Crippen molar-refractivity contribution >= 4 is 33.2 Å². The third kappa shape index (κ3) is 4.07. The van der Waals surface area contributed by atoms with Crippen molar-refractivity contribution in [3.63, 3.8) is 0 Å². The number of carbonyl (C=O) groups is 2. The number of benzene rings is 2. The number of rotatable bonds is 5. The molecule has 1 heterocycles. The lowest BCUT2D eigenvalue weighted by Gasteiger charge is -2.17. The lowest BCUT2D eigenvalue weighted by molar-refractivity contribution is -0.122. The molecule has 3 rings (SSSR count). The fourth-order valence-corrected chi connectivity index (χ4v) is 3.92. The summed E-state index contributed by atoms with van der Waals surface area (Å²) in [5.74, 6) is -0.804. The molecule has 1 fully saturated rings. The number of aryl methyl sites for hydroxylation is 1. The van der Waals surface area contributed by atoms with Crippen molar-refractivity contribution in [2.75, 3.05) is 30.9 Å². The van der Waals surface area contributed by atoms with Crippen LogP contribution in [0.4, 0.5) is 11.4 Å². The van der Waals surface area contributed by atoms with Gasteiger partial charge in [0.05, 0.1) is 10.8 Å². The molecule has 0 aromatic heterocycles. The molecule has 1 atom stereocenters. The molecular weight excluding hydrogens is 378 g/mol. The summed E-state index contributed by atoms with van der Waals surface area (Å²) in [6, 6.07) is 13.6. The number of hydrogen-bond acceptors (Lipinski definition) is 4. The molecule has 2 aromatic carbocycles. The Kier molecular flexibility index (Phi) is 5.53. The highest BCUT2D eigenvalue weighted by Crippen LogP contribution is 2.26. The molecule has 8 heteroatoms. The van der Waals surface area contributed by atoms with E-state index in [1.165, 1.54) is 26.2 Å². The third-order valence-electron chi connectivity index (χ3n) is 4.74. The van der Waals surface area contributed by atoms with Gasteiger partial charge in [0.15, 0.2) is 0 Å². The van der Waals surface area contributed by atoms with Gasteiger partial charge in [-0.2, -0.15) is 0 Å². The average molecular weight is 401 g/mol. The van der Waals surface area contributed by atoms with Gasteiger partial charge >= 0.3 is 0 Å². The van der Waals surface area contributed by atoms with Crippen LogP contribution in [0.15, 0.2) is 53.4 Å². The Hall–Kier alpha value is -2.71. The van der Waals surface area contributed by atoms with E-state index >= 15 is 0 Å². The zero-order valence-corrected chi connectivity index (χ0v) is 16.9. The SMILES string of the molecule is Cc1ccc(N2C[C@@H](C(=O)Nc3ccc(S(=O)(=O)N(C)C)cc3)CC2=O)cc1. The predicted molar refractivity (Wildman–Crippen MR) is 108 cm³/mol. The maximum Gasteiger partial charge on any atom is 0.242 e. The molecule has 1 aliphatic heterocycles. The zero-order chi connectivity index (χ0) is 20.5. The quantitative estimate of drug-likeness (QED) is 0.832. The van der Waals surface area contributed by atoms with Gasteiger partial charge in [-0.3, -0.25) is 9.59 Å². The van der Waals surface area contributed by atoms with Gasteiger partial charge in [-0.1, -0.05) is 17.7 Å². The molecule has 2 aromatic rings. The van der Waals surface area contributed by atoms with Crippen LogP contribution in [0.2, 0.25) is 0 Å². The summed E-state index contributed by atoms with van der Waals surface area (Å²) in [4.78, 5) is 26.7. The summed E-state index contributed by atoms with van der Waals surface area (Å²) in [6.45, 7) is 2.29. The number of carbonyl (C=O) groups excluding carboxylic acids is 2. The lowest BCUT2D eigenvalue weighted by atomic mass is 10.1. The van der Waals surface area contributed by atoms with Crippen LogP contribution in [0, 0.1) is 12.8 Å². The summed E-state index contributed by atoms with van der Waals surface area (Å²) >= 11 is 0. The highest BCUT2D eigenvalue weighted by Gasteiger charge is 2.35. The molecule has 0 aliphatic carbocycles. The molecule has 0 bridgehead atoms. The number of nitrogens with one attached hydrogen (secondary N) is 1. The first-order valence-corrected chi connectivity index (χ1v) is 10.3. The Bertz CT molecular complexity index is 983. The summed E-state index contributed by atoms with van der Waals surface area (Å²) in [5.41, 5.74) is 2.37. The van der Waals surface area contributed by atoms with E-state index < -0.39 is 15.9 Å². The molecule has 0 saturated carbocycles. The van der Waals surface area contributed by atoms with E-state index in [1.54, 1.807) is 17.0 Å². The summed E-state index contributed by atoms with van der Waals surface area (Å²) in [7, 11) is -0.596. The van der Waals surface area contributed by atoms with E-state index in [9.17, 15) is 18.0 Å². The van der Waals surface area contributed by atoms with Crippen LogP contribution < -0.4 is 10.2 Å². The van der Waals surface area contributed by atoms with Crippen molar-refractivity contribution < 1.29 is 18.0 Å². The summed E-state index contributed by atoms with van der Waals surface area (Å²) < 4.78 is 25.3. The first-order chi connectivity index (χ1) is 13.2. The minimum atomic E-state index is -3.52. The normalized spacial score (nSPS) is 17.2. The van der Waals surface area contributed by atoms with Gasteiger partial charge in [0.1, 0.15) is 0 Å². The fourth-order valence-electron chi connectivity index (χ4n) is 3.02. The van der Waals surface area contributed by atoms with Crippen molar-refractivity contribution in [1.29, 1.82) is 0 Å². The minimum absolute atomic E-state index is 0.0866. The second kappa shape index (κ2) is 7.73. The smallest absolute Gasteiger partial charge is 0.242 e. The first kappa shape index (κ1) is 20.0. The molecule has 0 unspecified atom stereocenters. The maximum atomic E-state index is 12.6. The first-order valence-electron chi connectivity index (χ1n) is 8.89. The minimum Gasteiger partial charge on any atom is -0.326 e. The largest absolute Gasteiger partial charge is 0.326 e. The van der Waals surface area contributed by atoms with E-state index in [0.717, 1.165) is 15.6 Å². The highest BCUT2D eigenvalue weighted by atomic mass is 32.2. The Morgan fingerprint density at radius 1 is 1.07 bits per heavy atom. The zero-order valence-electron chi connectivity index (χ0n) is 16.0. The van der Waals surface area contributed by atoms with E-state index in [4.69, 9.17) is 0 Å². The van der Waals surface area contributed by atoms with Crippen molar-refractivity contribution in [3.05, 3.63) is 54.1 Å². The van der Waals surface area contributed by atoms with Crippen LogP contribution in [-0.4, -0.2) is 45.2 Å². The molecule has 2 amide bonds. The van der Waals surface area contributed by atoms with Gasteiger partial charge in [-0.15, -0.1) is 0 Å². The van der Waals surface area contributed by atoms with Gasteiger partial charge in [0.2, 0.25) is 21.8 Å². The van der Waals surface area contributed by atoms with E-state index in [2.05, 4.69) is 5.32 Å². The molecule has 1 aliphatic rings. The molecule has 7 nitrogen and oxygen atoms in total. The number of hydrogen-bond donors (Lipinski definition) is 1. The average Bonchev–Trinajstić information content (AvgIpc) is 3.04. The van der Waals surface area contributed by atoms with Crippen molar-refractivity contribution in [3.8, 4) is 0 Å². The highest BCUT2D eigenvalue weighted by molar-refractivity contribution is 7.89. The molecule has 0 radical (unpaired) electrons. The van der Waals surface area contributed by atoms with Gasteiger partial charge in [-0.25, -0.2) is 12.7 Å². The molecule has 1 N–H and O–H groups in total. The Morgan fingerprint density at radius 2 is 1.68 bits per heavy atom. The van der Waals surface area contributed by atoms with Gasteiger partial charge in [0.25, 0.3) is 0 Å². The third-order valence-corrected chi connectivity index (χ3v) is 6.57. The number of sulfonamides is 1. The van der Waals surface area contributed by atoms with Gasteiger partial charge in [0, 0.05) is 38.4 Å². The maximum absolute atomic E-state index is 12.6. The van der Waals surface area contributed by atoms with Crippen LogP contribution in [-0.2, 0) is 19.6 Å². The van der Waals surface area contributed by atoms with Crippen molar-refractivity contribution in [2.45, 2.75) is 18.2 Å². The van der Waals surface area contributed by atoms with Gasteiger partial charge in [-0.05, 0) is 43.3 Å². The molecular formula is C20H23N3O4S. The predicted octanol–water partition coefficient (Wildman–Crippen LogP) is 2.24. The topological polar surface area (TPSA) is 86.8 Å². The molecule has 28 heavy (non-hydrogen) atoms. The number of amides is 2. The van der Waals surface area contributed by atoms with Crippen LogP contribution in [0.25, 0.3) is 0 Å². The van der Waals surface area contributed by atoms with E-state index in [-0.39, 0.29) is 23.1 Å². The summed E-state index contributed by atoms with van der Waals surface area (Å²) in [6.07, 6.45) is 0.146. The van der Waals surface area contributed by atoms with Crippen molar-refractivity contribution in [2.24, 2.45) is 5.92 Å². The van der Waals surface area contributed by atoms with Crippen LogP contribution in [0.1, 0.15) is 12.0 Å². The van der Waals surface area contributed by atoms with Crippen LogP contribution >= 0.6 is 0 Å². The molecule has 148 valence electrons.